The molecule has 2 aromatic rings. The summed E-state index contributed by atoms with van der Waals surface area (Å²) in [5, 5.41) is 0. The van der Waals surface area contributed by atoms with Gasteiger partial charge in [-0.25, -0.2) is 0 Å². The van der Waals surface area contributed by atoms with Crippen LogP contribution in [0.5, 0.6) is 5.75 Å². The second-order valence-corrected chi connectivity index (χ2v) is 3.23. The van der Waals surface area contributed by atoms with Crippen molar-refractivity contribution in [3.8, 4) is 16.9 Å². The van der Waals surface area contributed by atoms with Crippen LogP contribution >= 0.6 is 0 Å². The van der Waals surface area contributed by atoms with Crippen LogP contribution in [-0.4, -0.2) is 7.11 Å². The molecule has 2 rings (SSSR count). The van der Waals surface area contributed by atoms with Crippen molar-refractivity contribution in [1.29, 1.82) is 0 Å². The van der Waals surface area contributed by atoms with Gasteiger partial charge in [-0.1, -0.05) is 30.3 Å². The molecule has 0 spiro atoms. The van der Waals surface area contributed by atoms with Crippen molar-refractivity contribution in [2.75, 3.05) is 12.8 Å². The third-order valence-corrected chi connectivity index (χ3v) is 2.24. The first-order valence-electron chi connectivity index (χ1n) is 4.72. The molecule has 0 saturated heterocycles. The Hall–Kier alpha value is -1.96. The van der Waals surface area contributed by atoms with Gasteiger partial charge in [0.1, 0.15) is 5.75 Å². The van der Waals surface area contributed by atoms with E-state index in [4.69, 9.17) is 10.5 Å². The summed E-state index contributed by atoms with van der Waals surface area (Å²) in [7, 11) is 1.66. The summed E-state index contributed by atoms with van der Waals surface area (Å²) >= 11 is 0. The summed E-state index contributed by atoms with van der Waals surface area (Å²) in [6.45, 7) is 0. The van der Waals surface area contributed by atoms with E-state index in [2.05, 4.69) is 6.07 Å². The van der Waals surface area contributed by atoms with Crippen LogP contribution in [0.25, 0.3) is 11.1 Å². The van der Waals surface area contributed by atoms with Crippen molar-refractivity contribution in [1.82, 2.24) is 0 Å². The van der Waals surface area contributed by atoms with Crippen molar-refractivity contribution in [3.05, 3.63) is 48.5 Å². The van der Waals surface area contributed by atoms with Crippen molar-refractivity contribution >= 4 is 5.69 Å². The van der Waals surface area contributed by atoms with Gasteiger partial charge in [-0.15, -0.1) is 0 Å². The van der Waals surface area contributed by atoms with Gasteiger partial charge in [-0.05, 0) is 17.7 Å². The summed E-state index contributed by atoms with van der Waals surface area (Å²) in [6.07, 6.45) is 0. The van der Waals surface area contributed by atoms with Crippen LogP contribution in [-0.2, 0) is 0 Å². The van der Waals surface area contributed by atoms with Gasteiger partial charge in [0, 0.05) is 17.3 Å². The van der Waals surface area contributed by atoms with Crippen LogP contribution in [0.4, 0.5) is 5.69 Å². The molecule has 0 atom stereocenters. The first-order chi connectivity index (χ1) is 7.31. The van der Waals surface area contributed by atoms with E-state index < -0.39 is 0 Å². The van der Waals surface area contributed by atoms with Crippen LogP contribution in [0.2, 0.25) is 0 Å². The minimum atomic E-state index is 0.637. The highest BCUT2D eigenvalue weighted by Crippen LogP contribution is 2.30. The third-order valence-electron chi connectivity index (χ3n) is 2.24. The van der Waals surface area contributed by atoms with E-state index in [0.717, 1.165) is 16.9 Å². The van der Waals surface area contributed by atoms with Gasteiger partial charge in [0.25, 0.3) is 0 Å². The molecule has 0 fully saturated rings. The fraction of sp³-hybridized carbons (Fsp3) is 0.0769. The number of ether oxygens (including phenoxy) is 1. The number of benzene rings is 2. The number of nitrogens with two attached hydrogens (primary N) is 1. The SMILES string of the molecule is COc1ccccc1-c1cc[c]c(N)c1. The second-order valence-electron chi connectivity index (χ2n) is 3.23. The molecule has 0 aliphatic rings. The standard InChI is InChI=1S/C13H12NO/c1-15-13-8-3-2-7-12(13)10-5-4-6-11(14)9-10/h2-5,7-9H,14H2,1H3. The Balaban J connectivity index is 2.53. The fourth-order valence-electron chi connectivity index (χ4n) is 1.54. The average molecular weight is 198 g/mol. The first kappa shape index (κ1) is 9.59. The van der Waals surface area contributed by atoms with Gasteiger partial charge in [-0.2, -0.15) is 0 Å². The molecule has 0 heterocycles. The second kappa shape index (κ2) is 4.05. The molecule has 2 N–H and O–H groups in total. The largest absolute Gasteiger partial charge is 0.496 e. The molecule has 0 bridgehead atoms. The Morgan fingerprint density at radius 1 is 1.20 bits per heavy atom. The molecule has 0 aliphatic heterocycles. The van der Waals surface area contributed by atoms with E-state index >= 15 is 0 Å². The number of nitrogen functional groups attached to an aromatic ring is 1. The molecule has 75 valence electrons. The summed E-state index contributed by atoms with van der Waals surface area (Å²) in [6, 6.07) is 16.4. The Morgan fingerprint density at radius 2 is 2.00 bits per heavy atom. The smallest absolute Gasteiger partial charge is 0.126 e. The maximum Gasteiger partial charge on any atom is 0.126 e. The normalized spacial score (nSPS) is 9.93. The first-order valence-corrected chi connectivity index (χ1v) is 4.72. The summed E-state index contributed by atoms with van der Waals surface area (Å²) < 4.78 is 5.29. The number of anilines is 1. The number of para-hydroxylation sites is 1. The molecular formula is C13H12NO. The number of methoxy groups -OCH3 is 1. The predicted molar refractivity (Wildman–Crippen MR) is 61.7 cm³/mol. The van der Waals surface area contributed by atoms with Gasteiger partial charge < -0.3 is 10.5 Å². The maximum atomic E-state index is 5.69. The minimum Gasteiger partial charge on any atom is -0.496 e. The zero-order valence-electron chi connectivity index (χ0n) is 8.53. The zero-order valence-corrected chi connectivity index (χ0v) is 8.53. The highest BCUT2D eigenvalue weighted by Gasteiger charge is 2.03. The molecule has 0 aromatic heterocycles. The van der Waals surface area contributed by atoms with Crippen LogP contribution in [0.1, 0.15) is 0 Å². The van der Waals surface area contributed by atoms with Gasteiger partial charge in [0.05, 0.1) is 7.11 Å². The summed E-state index contributed by atoms with van der Waals surface area (Å²) in [5.74, 6) is 0.850. The molecule has 2 heteroatoms. The van der Waals surface area contributed by atoms with E-state index in [-0.39, 0.29) is 0 Å². The van der Waals surface area contributed by atoms with Crippen LogP contribution in [0.15, 0.2) is 42.5 Å². The lowest BCUT2D eigenvalue weighted by molar-refractivity contribution is 0.416. The highest BCUT2D eigenvalue weighted by molar-refractivity contribution is 5.72. The van der Waals surface area contributed by atoms with Crippen molar-refractivity contribution in [3.63, 3.8) is 0 Å². The molecule has 1 radical (unpaired) electrons. The van der Waals surface area contributed by atoms with Crippen LogP contribution < -0.4 is 10.5 Å². The van der Waals surface area contributed by atoms with Crippen molar-refractivity contribution in [2.24, 2.45) is 0 Å². The molecule has 0 unspecified atom stereocenters. The van der Waals surface area contributed by atoms with E-state index in [1.807, 2.05) is 42.5 Å². The van der Waals surface area contributed by atoms with Gasteiger partial charge in [0.2, 0.25) is 0 Å². The van der Waals surface area contributed by atoms with Crippen LogP contribution in [0, 0.1) is 6.07 Å². The van der Waals surface area contributed by atoms with E-state index in [0.29, 0.717) is 5.69 Å². The highest BCUT2D eigenvalue weighted by atomic mass is 16.5. The van der Waals surface area contributed by atoms with Crippen LogP contribution in [0.3, 0.4) is 0 Å². The third kappa shape index (κ3) is 1.94. The van der Waals surface area contributed by atoms with E-state index in [1.54, 1.807) is 7.11 Å². The fourth-order valence-corrected chi connectivity index (χ4v) is 1.54. The molecule has 2 nitrogen and oxygen atoms in total. The molecule has 2 aromatic carbocycles. The Bertz CT molecular complexity index is 466. The quantitative estimate of drug-likeness (QED) is 0.753. The average Bonchev–Trinajstić information content (AvgIpc) is 2.29. The Kier molecular flexibility index (Phi) is 2.59. The Morgan fingerprint density at radius 3 is 2.73 bits per heavy atom. The molecule has 15 heavy (non-hydrogen) atoms. The molecule has 0 saturated carbocycles. The maximum absolute atomic E-state index is 5.69. The van der Waals surface area contributed by atoms with Crippen molar-refractivity contribution < 1.29 is 4.74 Å². The molecular weight excluding hydrogens is 186 g/mol. The lowest BCUT2D eigenvalue weighted by Crippen LogP contribution is -1.89. The lowest BCUT2D eigenvalue weighted by atomic mass is 10.0. The summed E-state index contributed by atoms with van der Waals surface area (Å²) in [5.41, 5.74) is 8.42. The van der Waals surface area contributed by atoms with Crippen molar-refractivity contribution in [2.45, 2.75) is 0 Å². The molecule has 0 aliphatic carbocycles. The van der Waals surface area contributed by atoms with Gasteiger partial charge in [-0.3, -0.25) is 0 Å². The number of hydrogen-bond acceptors (Lipinski definition) is 2. The minimum absolute atomic E-state index is 0.637. The Labute approximate surface area is 89.3 Å². The zero-order chi connectivity index (χ0) is 10.7. The topological polar surface area (TPSA) is 35.2 Å². The van der Waals surface area contributed by atoms with Gasteiger partial charge in [0.15, 0.2) is 0 Å². The summed E-state index contributed by atoms with van der Waals surface area (Å²) in [4.78, 5) is 0. The lowest BCUT2D eigenvalue weighted by Gasteiger charge is -2.08. The van der Waals surface area contributed by atoms with Gasteiger partial charge >= 0.3 is 0 Å². The van der Waals surface area contributed by atoms with E-state index in [1.165, 1.54) is 0 Å². The monoisotopic (exact) mass is 198 g/mol. The number of hydrogen-bond donors (Lipinski definition) is 1. The van der Waals surface area contributed by atoms with E-state index in [9.17, 15) is 0 Å². The predicted octanol–water partition coefficient (Wildman–Crippen LogP) is 2.74. The molecule has 0 amide bonds. The number of rotatable bonds is 2.